The van der Waals surface area contributed by atoms with E-state index in [1.165, 1.54) is 6.33 Å². The summed E-state index contributed by atoms with van der Waals surface area (Å²) in [6.45, 7) is 2.12. The highest BCUT2D eigenvalue weighted by Crippen LogP contribution is 2.13. The Kier molecular flexibility index (Phi) is 5.62. The van der Waals surface area contributed by atoms with E-state index in [2.05, 4.69) is 42.4 Å². The number of carbonyl (C=O) groups is 1. The minimum Gasteiger partial charge on any atom is -0.382 e. The highest BCUT2D eigenvalue weighted by molar-refractivity contribution is 5.89. The Morgan fingerprint density at radius 2 is 1.86 bits per heavy atom. The summed E-state index contributed by atoms with van der Waals surface area (Å²) in [5.74, 6) is 6.23. The fraction of sp³-hybridized carbons (Fsp3) is 0.105. The Morgan fingerprint density at radius 1 is 1.07 bits per heavy atom. The molecule has 0 fully saturated rings. The van der Waals surface area contributed by atoms with E-state index in [0.717, 1.165) is 5.69 Å². The molecule has 9 nitrogen and oxygen atoms in total. The van der Waals surface area contributed by atoms with Crippen LogP contribution in [0.4, 0.5) is 22.1 Å². The van der Waals surface area contributed by atoms with E-state index in [4.69, 9.17) is 11.5 Å². The van der Waals surface area contributed by atoms with E-state index < -0.39 is 0 Å². The number of urea groups is 1. The van der Waals surface area contributed by atoms with Crippen LogP contribution < -0.4 is 22.1 Å². The van der Waals surface area contributed by atoms with E-state index in [0.29, 0.717) is 22.5 Å². The molecule has 0 bridgehead atoms. The molecule has 6 N–H and O–H groups in total. The maximum absolute atomic E-state index is 12.1. The number of amides is 2. The predicted octanol–water partition coefficient (Wildman–Crippen LogP) is 1.46. The van der Waals surface area contributed by atoms with Gasteiger partial charge in [-0.25, -0.2) is 14.8 Å². The van der Waals surface area contributed by atoms with Crippen molar-refractivity contribution in [3.63, 3.8) is 0 Å². The molecule has 28 heavy (non-hydrogen) atoms. The van der Waals surface area contributed by atoms with Crippen LogP contribution in [0, 0.1) is 18.8 Å². The molecule has 1 aromatic carbocycles. The van der Waals surface area contributed by atoms with Crippen molar-refractivity contribution >= 4 is 23.4 Å². The number of aryl methyl sites for hydroxylation is 1. The van der Waals surface area contributed by atoms with Crippen molar-refractivity contribution in [1.82, 2.24) is 25.3 Å². The SMILES string of the molecule is Cc1cnc(CNC(=O)Nc2cccc(C#Cc3c(N)ncnc3N)c2)cn1. The van der Waals surface area contributed by atoms with Crippen LogP contribution in [-0.4, -0.2) is 26.0 Å². The van der Waals surface area contributed by atoms with Crippen LogP contribution in [0.2, 0.25) is 0 Å². The van der Waals surface area contributed by atoms with Gasteiger partial charge in [-0.3, -0.25) is 9.97 Å². The van der Waals surface area contributed by atoms with Crippen molar-refractivity contribution in [2.45, 2.75) is 13.5 Å². The lowest BCUT2D eigenvalue weighted by molar-refractivity contribution is 0.251. The normalized spacial score (nSPS) is 9.89. The molecule has 9 heteroatoms. The fourth-order valence-corrected chi connectivity index (χ4v) is 2.21. The number of nitrogens with two attached hydrogens (primary N) is 2. The summed E-state index contributed by atoms with van der Waals surface area (Å²) in [6.07, 6.45) is 4.55. The monoisotopic (exact) mass is 374 g/mol. The van der Waals surface area contributed by atoms with Gasteiger partial charge in [0.2, 0.25) is 0 Å². The smallest absolute Gasteiger partial charge is 0.319 e. The predicted molar refractivity (Wildman–Crippen MR) is 106 cm³/mol. The molecule has 0 radical (unpaired) electrons. The summed E-state index contributed by atoms with van der Waals surface area (Å²) in [4.78, 5) is 28.1. The summed E-state index contributed by atoms with van der Waals surface area (Å²) < 4.78 is 0. The molecule has 2 aromatic heterocycles. The van der Waals surface area contributed by atoms with Crippen LogP contribution in [0.15, 0.2) is 43.0 Å². The van der Waals surface area contributed by atoms with Crippen molar-refractivity contribution < 1.29 is 4.79 Å². The van der Waals surface area contributed by atoms with E-state index in [9.17, 15) is 4.79 Å². The van der Waals surface area contributed by atoms with Crippen molar-refractivity contribution in [2.24, 2.45) is 0 Å². The van der Waals surface area contributed by atoms with Crippen molar-refractivity contribution in [3.05, 3.63) is 65.5 Å². The third-order valence-electron chi connectivity index (χ3n) is 3.62. The van der Waals surface area contributed by atoms with Gasteiger partial charge in [-0.05, 0) is 25.1 Å². The fourth-order valence-electron chi connectivity index (χ4n) is 2.21. The van der Waals surface area contributed by atoms with Gasteiger partial charge in [0.1, 0.15) is 23.5 Å². The zero-order valence-electron chi connectivity index (χ0n) is 15.1. The van der Waals surface area contributed by atoms with Crippen LogP contribution >= 0.6 is 0 Å². The Morgan fingerprint density at radius 3 is 2.57 bits per heavy atom. The number of nitrogens with one attached hydrogen (secondary N) is 2. The van der Waals surface area contributed by atoms with Crippen molar-refractivity contribution in [1.29, 1.82) is 0 Å². The molecule has 0 aliphatic heterocycles. The maximum atomic E-state index is 12.1. The third kappa shape index (κ3) is 4.92. The molecule has 0 unspecified atom stereocenters. The van der Waals surface area contributed by atoms with E-state index in [1.807, 2.05) is 6.92 Å². The van der Waals surface area contributed by atoms with Crippen LogP contribution in [0.1, 0.15) is 22.5 Å². The van der Waals surface area contributed by atoms with E-state index >= 15 is 0 Å². The van der Waals surface area contributed by atoms with Gasteiger partial charge in [-0.1, -0.05) is 17.9 Å². The van der Waals surface area contributed by atoms with Gasteiger partial charge in [0.05, 0.1) is 24.1 Å². The average molecular weight is 374 g/mol. The number of aromatic nitrogens is 4. The highest BCUT2D eigenvalue weighted by atomic mass is 16.2. The van der Waals surface area contributed by atoms with Gasteiger partial charge in [0, 0.05) is 17.4 Å². The minimum absolute atomic E-state index is 0.216. The second-order valence-electron chi connectivity index (χ2n) is 5.81. The highest BCUT2D eigenvalue weighted by Gasteiger charge is 2.04. The zero-order chi connectivity index (χ0) is 19.9. The van der Waals surface area contributed by atoms with Crippen molar-refractivity contribution in [3.8, 4) is 11.8 Å². The third-order valence-corrected chi connectivity index (χ3v) is 3.62. The Balaban J connectivity index is 1.64. The lowest BCUT2D eigenvalue weighted by Gasteiger charge is -2.07. The van der Waals surface area contributed by atoms with Gasteiger partial charge in [-0.15, -0.1) is 0 Å². The lowest BCUT2D eigenvalue weighted by atomic mass is 10.2. The molecule has 2 amide bonds. The maximum Gasteiger partial charge on any atom is 0.319 e. The lowest BCUT2D eigenvalue weighted by Crippen LogP contribution is -2.28. The second-order valence-corrected chi connectivity index (χ2v) is 5.81. The molecule has 0 aliphatic rings. The number of hydrogen-bond donors (Lipinski definition) is 4. The Hall–Kier alpha value is -4.19. The van der Waals surface area contributed by atoms with Crippen LogP contribution in [-0.2, 0) is 6.54 Å². The van der Waals surface area contributed by atoms with Gasteiger partial charge in [0.25, 0.3) is 0 Å². The molecule has 0 saturated heterocycles. The number of carbonyl (C=O) groups excluding carboxylic acids is 1. The Bertz CT molecular complexity index is 1030. The molecule has 0 aliphatic carbocycles. The average Bonchev–Trinajstić information content (AvgIpc) is 2.67. The molecular formula is C19H18N8O. The summed E-state index contributed by atoms with van der Waals surface area (Å²) in [7, 11) is 0. The summed E-state index contributed by atoms with van der Waals surface area (Å²) in [5, 5.41) is 5.47. The zero-order valence-corrected chi connectivity index (χ0v) is 15.1. The largest absolute Gasteiger partial charge is 0.382 e. The second kappa shape index (κ2) is 8.46. The molecule has 3 rings (SSSR count). The minimum atomic E-state index is -0.363. The van der Waals surface area contributed by atoms with Crippen LogP contribution in [0.3, 0.4) is 0 Å². The van der Waals surface area contributed by atoms with Crippen molar-refractivity contribution in [2.75, 3.05) is 16.8 Å². The van der Waals surface area contributed by atoms with Crippen LogP contribution in [0.25, 0.3) is 0 Å². The number of rotatable bonds is 3. The standard InChI is InChI=1S/C19H18N8O/c1-12-8-23-15(9-22-12)10-24-19(28)27-14-4-2-3-13(7-14)5-6-16-17(20)25-11-26-18(16)21/h2-4,7-9,11H,10H2,1H3,(H2,24,27,28)(H4,20,21,25,26). The number of nitrogen functional groups attached to an aromatic ring is 2. The molecule has 0 spiro atoms. The number of benzene rings is 1. The van der Waals surface area contributed by atoms with Gasteiger partial charge < -0.3 is 22.1 Å². The van der Waals surface area contributed by atoms with Gasteiger partial charge in [-0.2, -0.15) is 0 Å². The molecule has 3 aromatic rings. The first-order chi connectivity index (χ1) is 13.5. The van der Waals surface area contributed by atoms with Gasteiger partial charge >= 0.3 is 6.03 Å². The van der Waals surface area contributed by atoms with E-state index in [-0.39, 0.29) is 24.2 Å². The topological polar surface area (TPSA) is 145 Å². The van der Waals surface area contributed by atoms with E-state index in [1.54, 1.807) is 36.7 Å². The molecule has 0 saturated carbocycles. The quantitative estimate of drug-likeness (QED) is 0.508. The molecule has 140 valence electrons. The molecular weight excluding hydrogens is 356 g/mol. The van der Waals surface area contributed by atoms with Gasteiger partial charge in [0.15, 0.2) is 0 Å². The number of nitrogens with zero attached hydrogens (tertiary/aromatic N) is 4. The summed E-state index contributed by atoms with van der Waals surface area (Å²) >= 11 is 0. The number of hydrogen-bond acceptors (Lipinski definition) is 7. The molecule has 2 heterocycles. The van der Waals surface area contributed by atoms with Crippen LogP contribution in [0.5, 0.6) is 0 Å². The summed E-state index contributed by atoms with van der Waals surface area (Å²) in [6, 6.07) is 6.70. The summed E-state index contributed by atoms with van der Waals surface area (Å²) in [5.41, 5.74) is 14.6. The molecule has 0 atom stereocenters. The first-order valence-electron chi connectivity index (χ1n) is 8.31. The first kappa shape index (κ1) is 18.6. The number of anilines is 3. The Labute approximate surface area is 161 Å². The first-order valence-corrected chi connectivity index (χ1v) is 8.31.